The Bertz CT molecular complexity index is 1310. The Morgan fingerprint density at radius 1 is 1.00 bits per heavy atom. The first-order chi connectivity index (χ1) is 19.0. The number of β-amino-alcohol motifs (C(OH)–C–C–N with tert-alkyl or cyclic N) is 1. The van der Waals surface area contributed by atoms with Crippen molar-refractivity contribution in [2.24, 2.45) is 33.5 Å². The van der Waals surface area contributed by atoms with Crippen LogP contribution in [-0.2, 0) is 4.74 Å². The van der Waals surface area contributed by atoms with Gasteiger partial charge in [-0.2, -0.15) is 0 Å². The molecule has 2 N–H and O–H groups in total. The maximum Gasteiger partial charge on any atom is 0.189 e. The number of Topliss-reactive ketones (excluding diaryl/α,β-unsaturated/α-hetero) is 1. The molecule has 2 spiro atoms. The number of allylic oxidation sites excluding steroid dienone is 4. The van der Waals surface area contributed by atoms with Crippen molar-refractivity contribution in [3.63, 3.8) is 0 Å². The zero-order valence-corrected chi connectivity index (χ0v) is 23.6. The molecule has 0 radical (unpaired) electrons. The van der Waals surface area contributed by atoms with Gasteiger partial charge in [0, 0.05) is 47.0 Å². The van der Waals surface area contributed by atoms with Crippen molar-refractivity contribution in [1.29, 1.82) is 0 Å². The van der Waals surface area contributed by atoms with Crippen molar-refractivity contribution in [1.82, 2.24) is 4.90 Å². The smallest absolute Gasteiger partial charge is 0.189 e. The van der Waals surface area contributed by atoms with E-state index in [-0.39, 0.29) is 28.6 Å². The van der Waals surface area contributed by atoms with Gasteiger partial charge >= 0.3 is 0 Å². The number of aliphatic hydroxyl groups excluding tert-OH is 1. The average Bonchev–Trinajstić information content (AvgIpc) is 3.20. The molecule has 7 aliphatic rings. The molecule has 3 saturated carbocycles. The molecule has 1 heterocycles. The molecule has 1 aliphatic heterocycles. The molecule has 5 nitrogen and oxygen atoms in total. The predicted molar refractivity (Wildman–Crippen MR) is 147 cm³/mol. The van der Waals surface area contributed by atoms with Gasteiger partial charge in [0.25, 0.3) is 0 Å². The van der Waals surface area contributed by atoms with Crippen LogP contribution < -0.4 is 0 Å². The second kappa shape index (κ2) is 8.79. The van der Waals surface area contributed by atoms with Gasteiger partial charge in [0.05, 0.1) is 24.9 Å². The second-order valence-corrected chi connectivity index (χ2v) is 14.2. The number of carbonyl (C=O) groups excluding carboxylic acids is 1. The van der Waals surface area contributed by atoms with Gasteiger partial charge in [0.2, 0.25) is 0 Å². The molecule has 8 unspecified atom stereocenters. The number of hydrogen-bond acceptors (Lipinski definition) is 5. The van der Waals surface area contributed by atoms with E-state index in [0.717, 1.165) is 57.3 Å². The molecule has 216 valence electrons. The highest BCUT2D eigenvalue weighted by molar-refractivity contribution is 6.10. The van der Waals surface area contributed by atoms with E-state index >= 15 is 0 Å². The van der Waals surface area contributed by atoms with Gasteiger partial charge in [-0.1, -0.05) is 32.1 Å². The Morgan fingerprint density at radius 2 is 1.70 bits per heavy atom. The minimum atomic E-state index is -1.03. The number of halogens is 2. The van der Waals surface area contributed by atoms with Crippen LogP contribution in [0, 0.1) is 45.1 Å². The summed E-state index contributed by atoms with van der Waals surface area (Å²) in [6, 6.07) is 3.44. The van der Waals surface area contributed by atoms with E-state index in [4.69, 9.17) is 4.74 Å². The van der Waals surface area contributed by atoms with Gasteiger partial charge in [-0.3, -0.25) is 9.69 Å². The molecule has 4 fully saturated rings. The molecule has 1 aromatic rings. The first-order valence-electron chi connectivity index (χ1n) is 15.1. The van der Waals surface area contributed by atoms with Crippen LogP contribution in [0.15, 0.2) is 42.0 Å². The Hall–Kier alpha value is -1.93. The highest BCUT2D eigenvalue weighted by Gasteiger charge is 2.74. The maximum atomic E-state index is 14.4. The van der Waals surface area contributed by atoms with Crippen molar-refractivity contribution in [2.45, 2.75) is 70.5 Å². The fourth-order valence-corrected chi connectivity index (χ4v) is 10.5. The first kappa shape index (κ1) is 26.9. The summed E-state index contributed by atoms with van der Waals surface area (Å²) in [5.41, 5.74) is -1.70. The van der Waals surface area contributed by atoms with E-state index in [9.17, 15) is 23.8 Å². The quantitative estimate of drug-likeness (QED) is 0.403. The van der Waals surface area contributed by atoms with Crippen LogP contribution in [0.3, 0.4) is 0 Å². The van der Waals surface area contributed by atoms with E-state index in [1.165, 1.54) is 6.07 Å². The molecular formula is C33H41F2NO4. The van der Waals surface area contributed by atoms with E-state index in [0.29, 0.717) is 38.2 Å². The largest absolute Gasteiger partial charge is 0.393 e. The molecule has 40 heavy (non-hydrogen) atoms. The summed E-state index contributed by atoms with van der Waals surface area (Å²) in [6.45, 7) is 8.12. The highest BCUT2D eigenvalue weighted by Crippen LogP contribution is 2.78. The lowest BCUT2D eigenvalue weighted by atomic mass is 9.32. The van der Waals surface area contributed by atoms with E-state index < -0.39 is 39.6 Å². The third kappa shape index (κ3) is 3.35. The SMILES string of the molecule is CC12CCC(O)CC13C=CC1(C(C(=O)c4ccc(F)c(F)c4)=C3)C2CCC2(C)C1CCC2(O)CN1CCOCC1. The zero-order chi connectivity index (χ0) is 28.1. The summed E-state index contributed by atoms with van der Waals surface area (Å²) in [4.78, 5) is 16.7. The third-order valence-electron chi connectivity index (χ3n) is 12.7. The van der Waals surface area contributed by atoms with E-state index in [2.05, 4.69) is 37.0 Å². The molecule has 0 amide bonds. The van der Waals surface area contributed by atoms with Crippen molar-refractivity contribution in [3.8, 4) is 0 Å². The van der Waals surface area contributed by atoms with Gasteiger partial charge < -0.3 is 14.9 Å². The minimum Gasteiger partial charge on any atom is -0.393 e. The molecule has 0 aromatic heterocycles. The van der Waals surface area contributed by atoms with Crippen LogP contribution in [0.1, 0.15) is 69.2 Å². The standard InChI is InChI=1S/C33H41F2NO4/c1-29-8-5-22(37)18-31(29)11-12-33(23(19-31)28(38)21-3-4-24(34)25(35)17-21)26(29)6-9-30(2)27(33)7-10-32(30,39)20-36-13-15-40-16-14-36/h3-4,11-12,17,19,22,26-27,37,39H,5-10,13-16,18,20H2,1-2H3. The van der Waals surface area contributed by atoms with Crippen LogP contribution in [0.5, 0.6) is 0 Å². The number of hydrogen-bond donors (Lipinski definition) is 2. The summed E-state index contributed by atoms with van der Waals surface area (Å²) in [5.74, 6) is -2.06. The van der Waals surface area contributed by atoms with Crippen molar-refractivity contribution < 1.29 is 28.5 Å². The number of carbonyl (C=O) groups is 1. The summed E-state index contributed by atoms with van der Waals surface area (Å²) in [7, 11) is 0. The number of morpholine rings is 1. The molecule has 2 bridgehead atoms. The van der Waals surface area contributed by atoms with Crippen LogP contribution in [-0.4, -0.2) is 65.4 Å². The fourth-order valence-electron chi connectivity index (χ4n) is 10.5. The number of aliphatic hydroxyl groups is 2. The normalized spacial score (nSPS) is 46.0. The summed E-state index contributed by atoms with van der Waals surface area (Å²) < 4.78 is 33.8. The first-order valence-corrected chi connectivity index (χ1v) is 15.1. The van der Waals surface area contributed by atoms with Crippen molar-refractivity contribution in [3.05, 3.63) is 59.2 Å². The summed E-state index contributed by atoms with van der Waals surface area (Å²) in [5, 5.41) is 23.2. The Balaban J connectivity index is 1.36. The zero-order valence-electron chi connectivity index (χ0n) is 23.6. The van der Waals surface area contributed by atoms with E-state index in [1.54, 1.807) is 0 Å². The van der Waals surface area contributed by atoms with Gasteiger partial charge in [-0.15, -0.1) is 0 Å². The number of fused-ring (bicyclic) bond motifs is 1. The van der Waals surface area contributed by atoms with Gasteiger partial charge in [0.15, 0.2) is 17.4 Å². The summed E-state index contributed by atoms with van der Waals surface area (Å²) >= 11 is 0. The molecule has 8 atom stereocenters. The number of ether oxygens (including phenoxy) is 1. The number of ketones is 1. The maximum absolute atomic E-state index is 14.4. The highest BCUT2D eigenvalue weighted by atomic mass is 19.2. The van der Waals surface area contributed by atoms with Crippen LogP contribution in [0.25, 0.3) is 0 Å². The Labute approximate surface area is 235 Å². The third-order valence-corrected chi connectivity index (χ3v) is 12.7. The number of nitrogens with zero attached hydrogens (tertiary/aromatic N) is 1. The second-order valence-electron chi connectivity index (χ2n) is 14.2. The lowest BCUT2D eigenvalue weighted by molar-refractivity contribution is -0.178. The van der Waals surface area contributed by atoms with Crippen molar-refractivity contribution in [2.75, 3.05) is 32.8 Å². The van der Waals surface area contributed by atoms with Crippen LogP contribution in [0.4, 0.5) is 8.78 Å². The van der Waals surface area contributed by atoms with Gasteiger partial charge in [-0.25, -0.2) is 8.78 Å². The van der Waals surface area contributed by atoms with Crippen LogP contribution >= 0.6 is 0 Å². The molecule has 1 aromatic carbocycles. The molecule has 1 saturated heterocycles. The Morgan fingerprint density at radius 3 is 2.45 bits per heavy atom. The number of benzene rings is 1. The lowest BCUT2D eigenvalue weighted by Gasteiger charge is -2.71. The topological polar surface area (TPSA) is 70.0 Å². The Kier molecular flexibility index (Phi) is 5.92. The predicted octanol–water partition coefficient (Wildman–Crippen LogP) is 5.07. The van der Waals surface area contributed by atoms with Gasteiger partial charge in [-0.05, 0) is 80.4 Å². The molecule has 8 rings (SSSR count). The van der Waals surface area contributed by atoms with Crippen LogP contribution in [0.2, 0.25) is 0 Å². The van der Waals surface area contributed by atoms with E-state index in [1.807, 2.05) is 0 Å². The molecule has 6 aliphatic carbocycles. The fraction of sp³-hybridized carbons (Fsp3) is 0.667. The minimum absolute atomic E-state index is 0.0310. The number of rotatable bonds is 4. The summed E-state index contributed by atoms with van der Waals surface area (Å²) in [6.07, 6.45) is 11.6. The average molecular weight is 554 g/mol. The molecule has 7 heteroatoms. The lowest BCUT2D eigenvalue weighted by Crippen LogP contribution is -2.67. The van der Waals surface area contributed by atoms with Crippen molar-refractivity contribution >= 4 is 5.78 Å². The monoisotopic (exact) mass is 553 g/mol. The molecular weight excluding hydrogens is 512 g/mol. The van der Waals surface area contributed by atoms with Gasteiger partial charge in [0.1, 0.15) is 0 Å².